The number of rotatable bonds is 14. The highest BCUT2D eigenvalue weighted by atomic mass is 32.2. The number of thioether (sulfide) groups is 2. The van der Waals surface area contributed by atoms with Crippen LogP contribution in [0.3, 0.4) is 0 Å². The molecular weight excluding hydrogens is 456 g/mol. The van der Waals surface area contributed by atoms with Gasteiger partial charge in [-0.3, -0.25) is 28.8 Å². The van der Waals surface area contributed by atoms with Crippen molar-refractivity contribution in [2.45, 2.75) is 38.8 Å². The Bertz CT molecular complexity index is 646. The number of primary amides is 2. The first-order valence-electron chi connectivity index (χ1n) is 8.71. The minimum atomic E-state index is -2.65. The second-order valence-corrected chi connectivity index (χ2v) is 9.64. The molecule has 0 aromatic heterocycles. The van der Waals surface area contributed by atoms with Crippen molar-refractivity contribution in [2.24, 2.45) is 11.5 Å². The predicted molar refractivity (Wildman–Crippen MR) is 116 cm³/mol. The molecule has 2 atom stereocenters. The molecule has 0 rings (SSSR count). The van der Waals surface area contributed by atoms with E-state index in [0.717, 1.165) is 37.4 Å². The first-order valence-corrected chi connectivity index (χ1v) is 12.2. The summed E-state index contributed by atoms with van der Waals surface area (Å²) >= 11 is 2.26. The molecule has 4 amide bonds. The molecule has 0 fully saturated rings. The van der Waals surface area contributed by atoms with E-state index in [1.54, 1.807) is 0 Å². The Morgan fingerprint density at radius 1 is 0.767 bits per heavy atom. The molecule has 0 saturated heterocycles. The van der Waals surface area contributed by atoms with E-state index in [1.165, 1.54) is 0 Å². The molecule has 0 aliphatic rings. The van der Waals surface area contributed by atoms with Crippen LogP contribution in [0, 0.1) is 0 Å². The molecule has 14 heteroatoms. The molecule has 0 radical (unpaired) electrons. The number of carbonyl (C=O) groups is 6. The SMILES string of the molecule is CC(=O)NC(CSCCC(N)=O)C(=O)S(=O)C(=O)C(CSCCC(N)=O)NC(C)=O. The summed E-state index contributed by atoms with van der Waals surface area (Å²) in [6.45, 7) is 2.32. The quantitative estimate of drug-likeness (QED) is 0.203. The van der Waals surface area contributed by atoms with Gasteiger partial charge in [-0.05, 0) is 0 Å². The Kier molecular flexibility index (Phi) is 14.0. The van der Waals surface area contributed by atoms with Crippen LogP contribution in [0.15, 0.2) is 0 Å². The lowest BCUT2D eigenvalue weighted by Gasteiger charge is -2.18. The topological polar surface area (TPSA) is 196 Å². The Hall–Kier alpha value is -1.93. The van der Waals surface area contributed by atoms with Gasteiger partial charge in [-0.2, -0.15) is 23.5 Å². The van der Waals surface area contributed by atoms with Gasteiger partial charge in [-0.15, -0.1) is 0 Å². The lowest BCUT2D eigenvalue weighted by molar-refractivity contribution is -0.123. The van der Waals surface area contributed by atoms with Gasteiger partial charge in [0.25, 0.3) is 0 Å². The average molecular weight is 483 g/mol. The van der Waals surface area contributed by atoms with Crippen molar-refractivity contribution in [3.63, 3.8) is 0 Å². The number of hydrogen-bond acceptors (Lipinski definition) is 9. The zero-order chi connectivity index (χ0) is 23.3. The normalized spacial score (nSPS) is 13.5. The molecule has 0 heterocycles. The maximum absolute atomic E-state index is 12.5. The fraction of sp³-hybridized carbons (Fsp3) is 0.625. The zero-order valence-electron chi connectivity index (χ0n) is 16.6. The Balaban J connectivity index is 5.12. The molecule has 30 heavy (non-hydrogen) atoms. The van der Waals surface area contributed by atoms with Crippen molar-refractivity contribution in [3.05, 3.63) is 0 Å². The number of nitrogens with one attached hydrogen (secondary N) is 2. The fourth-order valence-corrected chi connectivity index (χ4v) is 5.11. The number of carbonyl (C=O) groups excluding carboxylic acids is 6. The van der Waals surface area contributed by atoms with E-state index < -0.39 is 56.7 Å². The van der Waals surface area contributed by atoms with E-state index in [9.17, 15) is 33.0 Å². The smallest absolute Gasteiger partial charge is 0.249 e. The van der Waals surface area contributed by atoms with Crippen molar-refractivity contribution >= 4 is 68.2 Å². The molecule has 6 N–H and O–H groups in total. The molecule has 0 bridgehead atoms. The van der Waals surface area contributed by atoms with Gasteiger partial charge in [0.1, 0.15) is 12.1 Å². The first-order chi connectivity index (χ1) is 14.0. The number of hydrogen-bond donors (Lipinski definition) is 4. The molecule has 0 saturated carbocycles. The zero-order valence-corrected chi connectivity index (χ0v) is 19.1. The third kappa shape index (κ3) is 12.6. The van der Waals surface area contributed by atoms with Crippen LogP contribution in [0.25, 0.3) is 0 Å². The third-order valence-electron chi connectivity index (χ3n) is 3.24. The largest absolute Gasteiger partial charge is 0.370 e. The van der Waals surface area contributed by atoms with Gasteiger partial charge < -0.3 is 22.1 Å². The highest BCUT2D eigenvalue weighted by Crippen LogP contribution is 2.11. The van der Waals surface area contributed by atoms with E-state index in [0.29, 0.717) is 0 Å². The Morgan fingerprint density at radius 2 is 1.10 bits per heavy atom. The van der Waals surface area contributed by atoms with Crippen LogP contribution in [0.4, 0.5) is 0 Å². The molecule has 2 unspecified atom stereocenters. The molecule has 11 nitrogen and oxygen atoms in total. The highest BCUT2D eigenvalue weighted by molar-refractivity contribution is 8.13. The van der Waals surface area contributed by atoms with Gasteiger partial charge in [-0.1, -0.05) is 0 Å². The van der Waals surface area contributed by atoms with Crippen molar-refractivity contribution < 1.29 is 33.0 Å². The molecule has 0 aromatic rings. The van der Waals surface area contributed by atoms with Crippen LogP contribution >= 0.6 is 23.5 Å². The van der Waals surface area contributed by atoms with E-state index in [1.807, 2.05) is 0 Å². The van der Waals surface area contributed by atoms with E-state index in [4.69, 9.17) is 11.5 Å². The molecule has 0 spiro atoms. The summed E-state index contributed by atoms with van der Waals surface area (Å²) in [5.74, 6) is -1.64. The summed E-state index contributed by atoms with van der Waals surface area (Å²) in [4.78, 5) is 69.4. The number of nitrogens with two attached hydrogens (primary N) is 2. The molecule has 0 aromatic carbocycles. The van der Waals surface area contributed by atoms with Gasteiger partial charge >= 0.3 is 0 Å². The Morgan fingerprint density at radius 3 is 1.37 bits per heavy atom. The maximum atomic E-state index is 12.5. The van der Waals surface area contributed by atoms with Gasteiger partial charge in [0.05, 0.1) is 0 Å². The average Bonchev–Trinajstić information content (AvgIpc) is 2.63. The van der Waals surface area contributed by atoms with Crippen molar-refractivity contribution in [3.8, 4) is 0 Å². The van der Waals surface area contributed by atoms with Crippen LogP contribution in [-0.4, -0.2) is 73.2 Å². The summed E-state index contributed by atoms with van der Waals surface area (Å²) in [6.07, 6.45) is 0.113. The molecule has 0 aliphatic carbocycles. The van der Waals surface area contributed by atoms with Crippen molar-refractivity contribution in [1.82, 2.24) is 10.6 Å². The molecule has 170 valence electrons. The maximum Gasteiger partial charge on any atom is 0.249 e. The van der Waals surface area contributed by atoms with Gasteiger partial charge in [-0.25, -0.2) is 4.21 Å². The lowest BCUT2D eigenvalue weighted by atomic mass is 10.3. The van der Waals surface area contributed by atoms with E-state index in [-0.39, 0.29) is 35.9 Å². The van der Waals surface area contributed by atoms with Crippen LogP contribution in [0.2, 0.25) is 0 Å². The van der Waals surface area contributed by atoms with Crippen LogP contribution in [0.5, 0.6) is 0 Å². The second-order valence-electron chi connectivity index (χ2n) is 6.00. The van der Waals surface area contributed by atoms with Crippen molar-refractivity contribution in [2.75, 3.05) is 23.0 Å². The van der Waals surface area contributed by atoms with Gasteiger partial charge in [0.15, 0.2) is 10.8 Å². The lowest BCUT2D eigenvalue weighted by Crippen LogP contribution is -2.49. The summed E-state index contributed by atoms with van der Waals surface area (Å²) < 4.78 is 12.5. The van der Waals surface area contributed by atoms with E-state index in [2.05, 4.69) is 10.6 Å². The fourth-order valence-electron chi connectivity index (χ4n) is 1.93. The highest BCUT2D eigenvalue weighted by Gasteiger charge is 2.34. The predicted octanol–water partition coefficient (Wildman–Crippen LogP) is -1.99. The van der Waals surface area contributed by atoms with Crippen LogP contribution < -0.4 is 22.1 Å². The molecule has 0 aliphatic heterocycles. The summed E-state index contributed by atoms with van der Waals surface area (Å²) in [5.41, 5.74) is 10.1. The minimum absolute atomic E-state index is 0.0110. The summed E-state index contributed by atoms with van der Waals surface area (Å²) in [6, 6.07) is -2.43. The van der Waals surface area contributed by atoms with E-state index >= 15 is 0 Å². The monoisotopic (exact) mass is 482 g/mol. The van der Waals surface area contributed by atoms with Crippen LogP contribution in [0.1, 0.15) is 26.7 Å². The first kappa shape index (κ1) is 28.1. The second kappa shape index (κ2) is 15.0. The summed E-state index contributed by atoms with van der Waals surface area (Å²) in [7, 11) is -2.65. The number of amides is 4. The van der Waals surface area contributed by atoms with Gasteiger partial charge in [0.2, 0.25) is 33.9 Å². The van der Waals surface area contributed by atoms with Gasteiger partial charge in [0, 0.05) is 49.7 Å². The summed E-state index contributed by atoms with van der Waals surface area (Å²) in [5, 5.41) is 2.64. The van der Waals surface area contributed by atoms with Crippen molar-refractivity contribution in [1.29, 1.82) is 0 Å². The minimum Gasteiger partial charge on any atom is -0.370 e. The standard InChI is InChI=1S/C16H26N4O7S3/c1-9(21)19-11(7-28-5-3-13(17)23)15(25)30(27)16(26)12(20-10(2)22)8-29-6-4-14(18)24/h11-12H,3-8H2,1-2H3,(H2,17,23)(H2,18,24)(H,19,21)(H,20,22). The molecular formula is C16H26N4O7S3. The Labute approximate surface area is 185 Å². The van der Waals surface area contributed by atoms with Crippen LogP contribution in [-0.2, 0) is 39.6 Å². The third-order valence-corrected chi connectivity index (χ3v) is 6.67.